The maximum absolute atomic E-state index is 12.2. The third-order valence-corrected chi connectivity index (χ3v) is 6.96. The van der Waals surface area contributed by atoms with Crippen molar-refractivity contribution in [1.29, 1.82) is 0 Å². The molecule has 1 aliphatic rings. The van der Waals surface area contributed by atoms with Crippen LogP contribution in [0.15, 0.2) is 35.5 Å². The third kappa shape index (κ3) is 6.96. The number of rotatable bonds is 9. The molecular formula is C26H38N4OS. The van der Waals surface area contributed by atoms with Crippen LogP contribution >= 0.6 is 11.8 Å². The van der Waals surface area contributed by atoms with Gasteiger partial charge in [0.05, 0.1) is 0 Å². The van der Waals surface area contributed by atoms with E-state index in [1.807, 2.05) is 24.3 Å². The smallest absolute Gasteiger partial charge is 0.251 e. The molecule has 1 aromatic carbocycles. The van der Waals surface area contributed by atoms with Crippen LogP contribution in [0.3, 0.4) is 0 Å². The van der Waals surface area contributed by atoms with Gasteiger partial charge in [-0.05, 0) is 42.4 Å². The van der Waals surface area contributed by atoms with Gasteiger partial charge in [0.15, 0.2) is 5.16 Å². The van der Waals surface area contributed by atoms with E-state index in [1.165, 1.54) is 32.1 Å². The summed E-state index contributed by atoms with van der Waals surface area (Å²) in [6, 6.07) is 10.6. The average Bonchev–Trinajstić information content (AvgIpc) is 2.81. The second-order valence-corrected chi connectivity index (χ2v) is 10.5. The topological polar surface area (TPSA) is 58.1 Å². The number of carbonyl (C=O) groups excluding carboxylic acids is 1. The van der Waals surface area contributed by atoms with Gasteiger partial charge >= 0.3 is 0 Å². The van der Waals surface area contributed by atoms with Crippen LogP contribution in [-0.4, -0.2) is 35.5 Å². The Balaban J connectivity index is 1.67. The van der Waals surface area contributed by atoms with Gasteiger partial charge in [-0.25, -0.2) is 9.97 Å². The molecule has 1 amide bonds. The van der Waals surface area contributed by atoms with Crippen LogP contribution in [0.4, 0.5) is 5.82 Å². The Morgan fingerprint density at radius 2 is 1.78 bits per heavy atom. The van der Waals surface area contributed by atoms with Crippen molar-refractivity contribution < 1.29 is 4.79 Å². The van der Waals surface area contributed by atoms with E-state index in [0.29, 0.717) is 30.0 Å². The zero-order valence-electron chi connectivity index (χ0n) is 20.2. The molecule has 1 aromatic heterocycles. The Morgan fingerprint density at radius 3 is 2.41 bits per heavy atom. The molecule has 5 nitrogen and oxygen atoms in total. The van der Waals surface area contributed by atoms with Crippen molar-refractivity contribution in [3.8, 4) is 0 Å². The normalized spacial score (nSPS) is 14.7. The highest BCUT2D eigenvalue weighted by atomic mass is 32.2. The van der Waals surface area contributed by atoms with Crippen molar-refractivity contribution in [3.63, 3.8) is 0 Å². The summed E-state index contributed by atoms with van der Waals surface area (Å²) in [5.41, 5.74) is 2.96. The predicted molar refractivity (Wildman–Crippen MR) is 135 cm³/mol. The fourth-order valence-corrected chi connectivity index (χ4v) is 4.74. The van der Waals surface area contributed by atoms with E-state index >= 15 is 0 Å². The molecule has 3 rings (SSSR count). The van der Waals surface area contributed by atoms with E-state index in [1.54, 1.807) is 11.8 Å². The minimum atomic E-state index is -0.0127. The van der Waals surface area contributed by atoms with Gasteiger partial charge < -0.3 is 10.2 Å². The number of carbonyl (C=O) groups is 1. The van der Waals surface area contributed by atoms with Gasteiger partial charge in [-0.3, -0.25) is 4.79 Å². The molecule has 1 saturated carbocycles. The monoisotopic (exact) mass is 454 g/mol. The van der Waals surface area contributed by atoms with Crippen molar-refractivity contribution in [3.05, 3.63) is 47.2 Å². The van der Waals surface area contributed by atoms with Crippen molar-refractivity contribution >= 4 is 23.5 Å². The Morgan fingerprint density at radius 1 is 1.09 bits per heavy atom. The van der Waals surface area contributed by atoms with Gasteiger partial charge in [0.25, 0.3) is 5.91 Å². The number of nitrogens with one attached hydrogen (secondary N) is 1. The molecule has 0 unspecified atom stereocenters. The van der Waals surface area contributed by atoms with Crippen LogP contribution in [0.5, 0.6) is 0 Å². The second-order valence-electron chi connectivity index (χ2n) is 9.58. The number of amides is 1. The third-order valence-electron chi connectivity index (χ3n) is 6.04. The minimum Gasteiger partial charge on any atom is -0.357 e. The molecule has 2 aromatic rings. The lowest BCUT2D eigenvalue weighted by atomic mass is 9.94. The number of aromatic nitrogens is 2. The Kier molecular flexibility index (Phi) is 8.97. The first kappa shape index (κ1) is 24.6. The summed E-state index contributed by atoms with van der Waals surface area (Å²) in [5, 5.41) is 3.79. The summed E-state index contributed by atoms with van der Waals surface area (Å²) in [4.78, 5) is 24.3. The molecular weight excluding hydrogens is 416 g/mol. The first-order valence-corrected chi connectivity index (χ1v) is 12.9. The summed E-state index contributed by atoms with van der Waals surface area (Å²) in [7, 11) is 2.18. The first-order valence-electron chi connectivity index (χ1n) is 11.9. The van der Waals surface area contributed by atoms with Crippen LogP contribution in [-0.2, 0) is 5.75 Å². The van der Waals surface area contributed by atoms with Crippen LogP contribution < -0.4 is 10.2 Å². The summed E-state index contributed by atoms with van der Waals surface area (Å²) >= 11 is 1.66. The maximum Gasteiger partial charge on any atom is 0.251 e. The summed E-state index contributed by atoms with van der Waals surface area (Å²) < 4.78 is 0. The minimum absolute atomic E-state index is 0.0127. The molecule has 1 aliphatic carbocycles. The average molecular weight is 455 g/mol. The number of hydrogen-bond donors (Lipinski definition) is 1. The van der Waals surface area contributed by atoms with E-state index in [9.17, 15) is 4.79 Å². The molecule has 0 saturated heterocycles. The van der Waals surface area contributed by atoms with Gasteiger partial charge in [0.1, 0.15) is 5.82 Å². The lowest BCUT2D eigenvalue weighted by Gasteiger charge is -2.32. The number of nitrogens with zero attached hydrogens (tertiary/aromatic N) is 3. The lowest BCUT2D eigenvalue weighted by Crippen LogP contribution is -2.34. The van der Waals surface area contributed by atoms with Crippen molar-refractivity contribution in [2.45, 2.75) is 82.7 Å². The van der Waals surface area contributed by atoms with Crippen molar-refractivity contribution in [1.82, 2.24) is 15.3 Å². The largest absolute Gasteiger partial charge is 0.357 e. The number of thioether (sulfide) groups is 1. The second kappa shape index (κ2) is 11.7. The predicted octanol–water partition coefficient (Wildman–Crippen LogP) is 6.05. The van der Waals surface area contributed by atoms with E-state index in [0.717, 1.165) is 28.0 Å². The van der Waals surface area contributed by atoms with E-state index in [4.69, 9.17) is 9.97 Å². The quantitative estimate of drug-likeness (QED) is 0.369. The highest BCUT2D eigenvalue weighted by Gasteiger charge is 2.21. The molecule has 32 heavy (non-hydrogen) atoms. The van der Waals surface area contributed by atoms with E-state index < -0.39 is 0 Å². The molecule has 0 radical (unpaired) electrons. The molecule has 0 spiro atoms. The highest BCUT2D eigenvalue weighted by Crippen LogP contribution is 2.29. The Hall–Kier alpha value is -2.08. The van der Waals surface area contributed by atoms with Gasteiger partial charge in [-0.1, -0.05) is 70.9 Å². The standard InChI is InChI=1S/C26H38N4OS/c1-18(2)16-27-25(31)21-13-11-20(12-14-21)17-32-26-28-23(19(3)4)15-24(29-26)30(5)22-9-7-6-8-10-22/h11-15,18-19,22H,6-10,16-17H2,1-5H3,(H,27,31). The number of hydrogen-bond acceptors (Lipinski definition) is 5. The summed E-state index contributed by atoms with van der Waals surface area (Å²) in [6.07, 6.45) is 6.47. The first-order chi connectivity index (χ1) is 15.3. The zero-order valence-corrected chi connectivity index (χ0v) is 21.0. The molecule has 1 fully saturated rings. The Labute approximate surface area is 197 Å². The maximum atomic E-state index is 12.2. The van der Waals surface area contributed by atoms with Gasteiger partial charge in [-0.15, -0.1) is 0 Å². The number of anilines is 1. The molecule has 1 N–H and O–H groups in total. The summed E-state index contributed by atoms with van der Waals surface area (Å²) in [6.45, 7) is 9.25. The van der Waals surface area contributed by atoms with Crippen LogP contribution in [0.2, 0.25) is 0 Å². The van der Waals surface area contributed by atoms with Gasteiger partial charge in [0.2, 0.25) is 0 Å². The van der Waals surface area contributed by atoms with Gasteiger partial charge in [0, 0.05) is 42.7 Å². The highest BCUT2D eigenvalue weighted by molar-refractivity contribution is 7.98. The lowest BCUT2D eigenvalue weighted by molar-refractivity contribution is 0.0949. The summed E-state index contributed by atoms with van der Waals surface area (Å²) in [5.74, 6) is 2.61. The zero-order chi connectivity index (χ0) is 23.1. The molecule has 1 heterocycles. The fraction of sp³-hybridized carbons (Fsp3) is 0.577. The fourth-order valence-electron chi connectivity index (χ4n) is 3.93. The molecule has 0 aliphatic heterocycles. The van der Waals surface area contributed by atoms with Crippen LogP contribution in [0.1, 0.15) is 87.3 Å². The Bertz CT molecular complexity index is 876. The SMILES string of the molecule is CC(C)CNC(=O)c1ccc(CSc2nc(C(C)C)cc(N(C)C3CCCCC3)n2)cc1. The van der Waals surface area contributed by atoms with Crippen molar-refractivity contribution in [2.24, 2.45) is 5.92 Å². The van der Waals surface area contributed by atoms with Gasteiger partial charge in [-0.2, -0.15) is 0 Å². The molecule has 6 heteroatoms. The van der Waals surface area contributed by atoms with E-state index in [-0.39, 0.29) is 5.91 Å². The van der Waals surface area contributed by atoms with E-state index in [2.05, 4.69) is 51.0 Å². The van der Waals surface area contributed by atoms with Crippen LogP contribution in [0.25, 0.3) is 0 Å². The molecule has 174 valence electrons. The molecule has 0 bridgehead atoms. The van der Waals surface area contributed by atoms with Crippen molar-refractivity contribution in [2.75, 3.05) is 18.5 Å². The van der Waals surface area contributed by atoms with Crippen LogP contribution in [0, 0.1) is 5.92 Å². The number of benzene rings is 1. The molecule has 0 atom stereocenters.